The summed E-state index contributed by atoms with van der Waals surface area (Å²) in [6.45, 7) is -0.146. The number of ketones is 1. The van der Waals surface area contributed by atoms with Crippen LogP contribution >= 0.6 is 0 Å². The van der Waals surface area contributed by atoms with Crippen molar-refractivity contribution >= 4 is 29.1 Å². The number of aliphatic carboxylic acids is 1. The van der Waals surface area contributed by atoms with Gasteiger partial charge in [0.2, 0.25) is 0 Å². The van der Waals surface area contributed by atoms with Crippen LogP contribution in [-0.2, 0) is 14.4 Å². The van der Waals surface area contributed by atoms with Gasteiger partial charge in [0, 0.05) is 36.2 Å². The molecule has 2 N–H and O–H groups in total. The molecule has 31 heavy (non-hydrogen) atoms. The number of nitro benzene ring substituents is 1. The lowest BCUT2D eigenvalue weighted by Gasteiger charge is -2.25. The number of aliphatic hydroxyl groups excluding tert-OH is 1. The zero-order valence-electron chi connectivity index (χ0n) is 16.0. The SMILES string of the molecule is O=C(O)CCCN1C(=O)C(=O)/C(=C(/O)c2ccc([N+](=O)[O-])cc2)[C@H]1c1ccccc1F. The zero-order valence-corrected chi connectivity index (χ0v) is 16.0. The lowest BCUT2D eigenvalue weighted by molar-refractivity contribution is -0.384. The van der Waals surface area contributed by atoms with Gasteiger partial charge in [0.1, 0.15) is 11.6 Å². The average Bonchev–Trinajstić information content (AvgIpc) is 2.98. The third kappa shape index (κ3) is 4.27. The number of carbonyl (C=O) groups excluding carboxylic acids is 2. The molecule has 1 atom stereocenters. The first kappa shape index (κ1) is 21.6. The molecule has 1 fully saturated rings. The molecule has 0 saturated carbocycles. The lowest BCUT2D eigenvalue weighted by atomic mass is 9.95. The molecule has 0 unspecified atom stereocenters. The van der Waals surface area contributed by atoms with Crippen LogP contribution < -0.4 is 0 Å². The second-order valence-electron chi connectivity index (χ2n) is 6.82. The van der Waals surface area contributed by atoms with Crippen molar-refractivity contribution in [1.29, 1.82) is 0 Å². The van der Waals surface area contributed by atoms with Gasteiger partial charge in [-0.3, -0.25) is 24.5 Å². The number of halogens is 1. The minimum atomic E-state index is -1.27. The van der Waals surface area contributed by atoms with Crippen LogP contribution in [0.5, 0.6) is 0 Å². The van der Waals surface area contributed by atoms with Crippen molar-refractivity contribution < 1.29 is 33.9 Å². The highest BCUT2D eigenvalue weighted by Crippen LogP contribution is 2.40. The van der Waals surface area contributed by atoms with Crippen LogP contribution in [0.25, 0.3) is 5.76 Å². The highest BCUT2D eigenvalue weighted by atomic mass is 19.1. The number of nitro groups is 1. The number of hydrogen-bond acceptors (Lipinski definition) is 6. The predicted octanol–water partition coefficient (Wildman–Crippen LogP) is 3.02. The van der Waals surface area contributed by atoms with Gasteiger partial charge >= 0.3 is 5.97 Å². The summed E-state index contributed by atoms with van der Waals surface area (Å²) in [5, 5.41) is 30.5. The normalized spacial score (nSPS) is 17.7. The standard InChI is InChI=1S/C21H17FN2O7/c22-15-5-2-1-4-14(15)18-17(19(27)12-7-9-13(10-8-12)24(30)31)20(28)21(29)23(18)11-3-6-16(25)26/h1-2,4-5,7-10,18,27H,3,6,11H2,(H,25,26)/b19-17+/t18-/m1/s1. The quantitative estimate of drug-likeness (QED) is 0.227. The first-order valence-electron chi connectivity index (χ1n) is 9.21. The predicted molar refractivity (Wildman–Crippen MR) is 105 cm³/mol. The molecular weight excluding hydrogens is 411 g/mol. The van der Waals surface area contributed by atoms with Crippen molar-refractivity contribution in [3.05, 3.63) is 81.2 Å². The molecule has 9 nitrogen and oxygen atoms in total. The van der Waals surface area contributed by atoms with Crippen molar-refractivity contribution in [1.82, 2.24) is 4.90 Å². The van der Waals surface area contributed by atoms with Crippen LogP contribution in [0.15, 0.2) is 54.1 Å². The largest absolute Gasteiger partial charge is 0.507 e. The van der Waals surface area contributed by atoms with Crippen molar-refractivity contribution in [3.8, 4) is 0 Å². The maximum atomic E-state index is 14.6. The molecule has 10 heteroatoms. The Kier molecular flexibility index (Phi) is 6.10. The Morgan fingerprint density at radius 1 is 1.10 bits per heavy atom. The molecule has 0 radical (unpaired) electrons. The fourth-order valence-corrected chi connectivity index (χ4v) is 3.43. The summed E-state index contributed by atoms with van der Waals surface area (Å²) in [6, 6.07) is 8.82. The molecule has 1 aliphatic heterocycles. The topological polar surface area (TPSA) is 138 Å². The van der Waals surface area contributed by atoms with Gasteiger partial charge in [0.05, 0.1) is 16.5 Å². The van der Waals surface area contributed by atoms with Crippen molar-refractivity contribution in [3.63, 3.8) is 0 Å². The molecule has 0 bridgehead atoms. The van der Waals surface area contributed by atoms with Crippen molar-refractivity contribution in [2.45, 2.75) is 18.9 Å². The number of benzene rings is 2. The van der Waals surface area contributed by atoms with Crippen LogP contribution in [0.1, 0.15) is 30.0 Å². The maximum Gasteiger partial charge on any atom is 0.303 e. The molecule has 2 aromatic rings. The maximum absolute atomic E-state index is 14.6. The number of Topliss-reactive ketones (excluding diaryl/α,β-unsaturated/α-hetero) is 1. The van der Waals surface area contributed by atoms with Gasteiger partial charge in [-0.25, -0.2) is 4.39 Å². The monoisotopic (exact) mass is 428 g/mol. The first-order valence-corrected chi connectivity index (χ1v) is 9.21. The number of hydrogen-bond donors (Lipinski definition) is 2. The number of rotatable bonds is 7. The van der Waals surface area contributed by atoms with Crippen LogP contribution in [0, 0.1) is 15.9 Å². The zero-order chi connectivity index (χ0) is 22.7. The minimum Gasteiger partial charge on any atom is -0.507 e. The fourth-order valence-electron chi connectivity index (χ4n) is 3.43. The third-order valence-corrected chi connectivity index (χ3v) is 4.88. The second-order valence-corrected chi connectivity index (χ2v) is 6.82. The summed E-state index contributed by atoms with van der Waals surface area (Å²) in [5.41, 5.74) is -0.619. The van der Waals surface area contributed by atoms with Crippen LogP contribution in [-0.4, -0.2) is 44.2 Å². The Balaban J connectivity index is 2.11. The summed E-state index contributed by atoms with van der Waals surface area (Å²) >= 11 is 0. The Morgan fingerprint density at radius 3 is 2.32 bits per heavy atom. The molecule has 3 rings (SSSR count). The minimum absolute atomic E-state index is 0.0187. The van der Waals surface area contributed by atoms with E-state index in [-0.39, 0.29) is 41.8 Å². The van der Waals surface area contributed by atoms with Crippen LogP contribution in [0.4, 0.5) is 10.1 Å². The third-order valence-electron chi connectivity index (χ3n) is 4.88. The molecular formula is C21H17FN2O7. The first-order chi connectivity index (χ1) is 14.7. The number of amides is 1. The number of aliphatic hydroxyl groups is 1. The molecule has 160 valence electrons. The van der Waals surface area contributed by atoms with Gasteiger partial charge in [0.15, 0.2) is 0 Å². The molecule has 2 aromatic carbocycles. The van der Waals surface area contributed by atoms with Crippen molar-refractivity contribution in [2.24, 2.45) is 0 Å². The van der Waals surface area contributed by atoms with E-state index in [0.29, 0.717) is 0 Å². The van der Waals surface area contributed by atoms with E-state index in [9.17, 15) is 34.0 Å². The van der Waals surface area contributed by atoms with E-state index in [0.717, 1.165) is 23.1 Å². The summed E-state index contributed by atoms with van der Waals surface area (Å²) < 4.78 is 14.6. The molecule has 0 aliphatic carbocycles. The molecule has 0 spiro atoms. The van der Waals surface area contributed by atoms with Gasteiger partial charge in [-0.2, -0.15) is 0 Å². The summed E-state index contributed by atoms with van der Waals surface area (Å²) in [6.07, 6.45) is -0.250. The Hall–Kier alpha value is -4.08. The van der Waals surface area contributed by atoms with Crippen LogP contribution in [0.2, 0.25) is 0 Å². The number of nitrogens with zero attached hydrogens (tertiary/aromatic N) is 2. The number of likely N-dealkylation sites (tertiary alicyclic amines) is 1. The van der Waals surface area contributed by atoms with E-state index >= 15 is 0 Å². The summed E-state index contributed by atoms with van der Waals surface area (Å²) in [5.74, 6) is -4.47. The Labute approximate surface area is 175 Å². The highest BCUT2D eigenvalue weighted by Gasteiger charge is 2.46. The molecule has 0 aromatic heterocycles. The van der Waals surface area contributed by atoms with Gasteiger partial charge in [-0.15, -0.1) is 0 Å². The molecule has 1 heterocycles. The van der Waals surface area contributed by atoms with E-state index in [2.05, 4.69) is 0 Å². The lowest BCUT2D eigenvalue weighted by Crippen LogP contribution is -2.31. The number of carbonyl (C=O) groups is 3. The van der Waals surface area contributed by atoms with E-state index in [1.54, 1.807) is 0 Å². The second kappa shape index (κ2) is 8.74. The summed E-state index contributed by atoms with van der Waals surface area (Å²) in [4.78, 5) is 47.4. The highest BCUT2D eigenvalue weighted by molar-refractivity contribution is 6.46. The van der Waals surface area contributed by atoms with Gasteiger partial charge in [0.25, 0.3) is 17.4 Å². The Bertz CT molecular complexity index is 1100. The van der Waals surface area contributed by atoms with E-state index in [1.165, 1.54) is 30.3 Å². The van der Waals surface area contributed by atoms with E-state index in [1.807, 2.05) is 0 Å². The number of carboxylic acids is 1. The molecule has 1 amide bonds. The Morgan fingerprint density at radius 2 is 1.74 bits per heavy atom. The van der Waals surface area contributed by atoms with Crippen LogP contribution in [0.3, 0.4) is 0 Å². The average molecular weight is 428 g/mol. The number of carboxylic acid groups (broad SMARTS) is 1. The fraction of sp³-hybridized carbons (Fsp3) is 0.190. The molecule has 1 aliphatic rings. The number of non-ortho nitro benzene ring substituents is 1. The van der Waals surface area contributed by atoms with Gasteiger partial charge < -0.3 is 15.1 Å². The smallest absolute Gasteiger partial charge is 0.303 e. The van der Waals surface area contributed by atoms with E-state index < -0.39 is 40.2 Å². The van der Waals surface area contributed by atoms with Gasteiger partial charge in [-0.1, -0.05) is 18.2 Å². The van der Waals surface area contributed by atoms with E-state index in [4.69, 9.17) is 5.11 Å². The summed E-state index contributed by atoms with van der Waals surface area (Å²) in [7, 11) is 0. The molecule has 1 saturated heterocycles. The van der Waals surface area contributed by atoms with Gasteiger partial charge in [-0.05, 0) is 24.6 Å². The van der Waals surface area contributed by atoms with Crippen molar-refractivity contribution in [2.75, 3.05) is 6.54 Å².